The van der Waals surface area contributed by atoms with Crippen molar-refractivity contribution >= 4 is 21.8 Å². The van der Waals surface area contributed by atoms with Crippen LogP contribution in [-0.4, -0.2) is 15.0 Å². The van der Waals surface area contributed by atoms with Gasteiger partial charge in [-0.15, -0.1) is 0 Å². The molecule has 0 N–H and O–H groups in total. The summed E-state index contributed by atoms with van der Waals surface area (Å²) < 4.78 is 0. The smallest absolute Gasteiger partial charge is 0.159 e. The van der Waals surface area contributed by atoms with Gasteiger partial charge >= 0.3 is 0 Å². The second-order valence-corrected chi connectivity index (χ2v) is 9.73. The summed E-state index contributed by atoms with van der Waals surface area (Å²) in [7, 11) is 0. The Kier molecular flexibility index (Phi) is 4.19. The molecule has 4 aromatic carbocycles. The number of hydrogen-bond acceptors (Lipinski definition) is 3. The van der Waals surface area contributed by atoms with E-state index in [1.54, 1.807) is 0 Å². The average Bonchev–Trinajstić information content (AvgIpc) is 3.14. The molecule has 0 bridgehead atoms. The second kappa shape index (κ2) is 7.31. The van der Waals surface area contributed by atoms with Crippen LogP contribution in [-0.2, 0) is 5.41 Å². The molecule has 2 aromatic heterocycles. The average molecular weight is 450 g/mol. The van der Waals surface area contributed by atoms with E-state index >= 15 is 0 Å². The second-order valence-electron chi connectivity index (χ2n) is 9.73. The van der Waals surface area contributed by atoms with Crippen LogP contribution in [0.5, 0.6) is 0 Å². The minimum Gasteiger partial charge on any atom is -0.247 e. The Morgan fingerprint density at radius 3 is 2.17 bits per heavy atom. The largest absolute Gasteiger partial charge is 0.247 e. The lowest BCUT2D eigenvalue weighted by atomic mass is 9.78. The molecule has 0 radical (unpaired) electrons. The van der Waals surface area contributed by atoms with E-state index in [9.17, 15) is 0 Å². The number of nitrogens with zero attached hydrogens (tertiary/aromatic N) is 3. The van der Waals surface area contributed by atoms with Crippen LogP contribution >= 0.6 is 0 Å². The summed E-state index contributed by atoms with van der Waals surface area (Å²) in [6.45, 7) is 4.63. The van der Waals surface area contributed by atoms with Crippen molar-refractivity contribution in [3.63, 3.8) is 0 Å². The first-order valence-corrected chi connectivity index (χ1v) is 12.0. The molecule has 0 atom stereocenters. The molecule has 0 amide bonds. The molecule has 2 heterocycles. The fourth-order valence-electron chi connectivity index (χ4n) is 5.58. The summed E-state index contributed by atoms with van der Waals surface area (Å²) in [5.74, 6) is 0.743. The molecule has 0 saturated carbocycles. The van der Waals surface area contributed by atoms with Crippen LogP contribution in [0.25, 0.3) is 55.6 Å². The Morgan fingerprint density at radius 2 is 1.31 bits per heavy atom. The van der Waals surface area contributed by atoms with Gasteiger partial charge in [-0.3, -0.25) is 0 Å². The van der Waals surface area contributed by atoms with Crippen LogP contribution in [0, 0.1) is 0 Å². The van der Waals surface area contributed by atoms with Crippen LogP contribution in [0.4, 0.5) is 0 Å². The van der Waals surface area contributed by atoms with Gasteiger partial charge in [-0.05, 0) is 34.4 Å². The van der Waals surface area contributed by atoms with Crippen molar-refractivity contribution in [2.45, 2.75) is 19.3 Å². The van der Waals surface area contributed by atoms with Gasteiger partial charge in [0, 0.05) is 33.5 Å². The number of fused-ring (bicyclic) bond motifs is 5. The van der Waals surface area contributed by atoms with Crippen LogP contribution in [0.15, 0.2) is 103 Å². The van der Waals surface area contributed by atoms with Crippen molar-refractivity contribution in [1.29, 1.82) is 0 Å². The minimum atomic E-state index is -0.140. The van der Waals surface area contributed by atoms with Crippen LogP contribution in [0.1, 0.15) is 25.0 Å². The summed E-state index contributed by atoms with van der Waals surface area (Å²) in [4.78, 5) is 14.6. The first-order chi connectivity index (χ1) is 17.1. The standard InChI is InChI=1S/C32H23N3/c1-32(2)25-12-6-4-10-23(25)30-29(32)28(24-11-5-8-14-27(24)34-30)20-15-17-21(18-16-20)31-33-19-22-9-3-7-13-26(22)35-31/h3-19H,1-2H3. The van der Waals surface area contributed by atoms with Crippen molar-refractivity contribution in [1.82, 2.24) is 15.0 Å². The predicted octanol–water partition coefficient (Wildman–Crippen LogP) is 7.82. The van der Waals surface area contributed by atoms with E-state index in [0.29, 0.717) is 0 Å². The quantitative estimate of drug-likeness (QED) is 0.270. The molecule has 0 fully saturated rings. The van der Waals surface area contributed by atoms with Gasteiger partial charge in [0.1, 0.15) is 0 Å². The van der Waals surface area contributed by atoms with E-state index in [1.165, 1.54) is 33.2 Å². The predicted molar refractivity (Wildman–Crippen MR) is 143 cm³/mol. The normalized spacial score (nSPS) is 13.7. The van der Waals surface area contributed by atoms with Crippen LogP contribution in [0.3, 0.4) is 0 Å². The van der Waals surface area contributed by atoms with E-state index in [2.05, 4.69) is 91.6 Å². The van der Waals surface area contributed by atoms with Gasteiger partial charge in [0.15, 0.2) is 5.82 Å². The number of rotatable bonds is 2. The van der Waals surface area contributed by atoms with Gasteiger partial charge in [0.25, 0.3) is 0 Å². The fraction of sp³-hybridized carbons (Fsp3) is 0.0938. The maximum atomic E-state index is 5.15. The van der Waals surface area contributed by atoms with Gasteiger partial charge < -0.3 is 0 Å². The molecule has 1 aliphatic rings. The van der Waals surface area contributed by atoms with Gasteiger partial charge in [-0.1, -0.05) is 98.8 Å². The molecule has 6 aromatic rings. The molecule has 0 saturated heterocycles. The van der Waals surface area contributed by atoms with Gasteiger partial charge in [0.2, 0.25) is 0 Å². The Bertz CT molecular complexity index is 1760. The molecule has 7 rings (SSSR count). The number of benzene rings is 4. The van der Waals surface area contributed by atoms with Gasteiger partial charge in [-0.2, -0.15) is 0 Å². The van der Waals surface area contributed by atoms with Crippen LogP contribution in [0.2, 0.25) is 0 Å². The minimum absolute atomic E-state index is 0.140. The van der Waals surface area contributed by atoms with Crippen molar-refractivity contribution in [3.05, 3.63) is 114 Å². The maximum absolute atomic E-state index is 5.15. The zero-order chi connectivity index (χ0) is 23.6. The molecule has 0 spiro atoms. The number of para-hydroxylation sites is 2. The van der Waals surface area contributed by atoms with E-state index in [4.69, 9.17) is 9.97 Å². The third-order valence-corrected chi connectivity index (χ3v) is 7.29. The highest BCUT2D eigenvalue weighted by atomic mass is 14.9. The molecule has 3 heteroatoms. The maximum Gasteiger partial charge on any atom is 0.159 e. The number of pyridine rings is 1. The lowest BCUT2D eigenvalue weighted by Crippen LogP contribution is -2.16. The highest BCUT2D eigenvalue weighted by molar-refractivity contribution is 6.02. The highest BCUT2D eigenvalue weighted by Crippen LogP contribution is 2.53. The fourth-order valence-corrected chi connectivity index (χ4v) is 5.58. The zero-order valence-corrected chi connectivity index (χ0v) is 19.7. The lowest BCUT2D eigenvalue weighted by Gasteiger charge is -2.25. The topological polar surface area (TPSA) is 38.7 Å². The van der Waals surface area contributed by atoms with Gasteiger partial charge in [-0.25, -0.2) is 15.0 Å². The van der Waals surface area contributed by atoms with E-state index in [1.807, 2.05) is 30.5 Å². The lowest BCUT2D eigenvalue weighted by molar-refractivity contribution is 0.662. The van der Waals surface area contributed by atoms with Crippen LogP contribution < -0.4 is 0 Å². The van der Waals surface area contributed by atoms with Crippen molar-refractivity contribution in [2.75, 3.05) is 0 Å². The molecular formula is C32H23N3. The molecular weight excluding hydrogens is 426 g/mol. The third-order valence-electron chi connectivity index (χ3n) is 7.29. The van der Waals surface area contributed by atoms with E-state index in [-0.39, 0.29) is 5.41 Å². The molecule has 0 unspecified atom stereocenters. The van der Waals surface area contributed by atoms with E-state index in [0.717, 1.165) is 33.5 Å². The molecule has 166 valence electrons. The zero-order valence-electron chi connectivity index (χ0n) is 19.7. The van der Waals surface area contributed by atoms with Gasteiger partial charge in [0.05, 0.1) is 16.7 Å². The molecule has 0 aliphatic heterocycles. The Labute approximate surface area is 204 Å². The molecule has 3 nitrogen and oxygen atoms in total. The summed E-state index contributed by atoms with van der Waals surface area (Å²) >= 11 is 0. The molecule has 35 heavy (non-hydrogen) atoms. The Balaban J connectivity index is 1.44. The summed E-state index contributed by atoms with van der Waals surface area (Å²) in [6, 6.07) is 33.9. The Hall–Kier alpha value is -4.37. The third kappa shape index (κ3) is 2.95. The van der Waals surface area contributed by atoms with Crippen molar-refractivity contribution < 1.29 is 0 Å². The summed E-state index contributed by atoms with van der Waals surface area (Å²) in [5.41, 5.74) is 10.3. The first-order valence-electron chi connectivity index (χ1n) is 12.0. The highest BCUT2D eigenvalue weighted by Gasteiger charge is 2.39. The summed E-state index contributed by atoms with van der Waals surface area (Å²) in [5, 5.41) is 2.23. The first kappa shape index (κ1) is 20.0. The summed E-state index contributed by atoms with van der Waals surface area (Å²) in [6.07, 6.45) is 1.90. The van der Waals surface area contributed by atoms with Crippen molar-refractivity contribution in [3.8, 4) is 33.8 Å². The van der Waals surface area contributed by atoms with Crippen molar-refractivity contribution in [2.24, 2.45) is 0 Å². The van der Waals surface area contributed by atoms with E-state index < -0.39 is 0 Å². The number of aromatic nitrogens is 3. The molecule has 1 aliphatic carbocycles. The Morgan fingerprint density at radius 1 is 0.629 bits per heavy atom. The monoisotopic (exact) mass is 449 g/mol. The number of hydrogen-bond donors (Lipinski definition) is 0. The SMILES string of the molecule is CC1(C)c2ccccc2-c2nc3ccccc3c(-c3ccc(-c4ncc5ccccc5n4)cc3)c21.